The summed E-state index contributed by atoms with van der Waals surface area (Å²) in [6.07, 6.45) is 0. The summed E-state index contributed by atoms with van der Waals surface area (Å²) in [5.41, 5.74) is 2.15. The highest BCUT2D eigenvalue weighted by Crippen LogP contribution is 2.34. The highest BCUT2D eigenvalue weighted by molar-refractivity contribution is 6.34. The number of aliphatic hydroxyl groups excluding tert-OH is 1. The first-order valence-electron chi connectivity index (χ1n) is 6.73. The van der Waals surface area contributed by atoms with Gasteiger partial charge in [-0.1, -0.05) is 41.9 Å². The minimum Gasteiger partial charge on any atom is -0.451 e. The van der Waals surface area contributed by atoms with Crippen LogP contribution in [0.5, 0.6) is 0 Å². The summed E-state index contributed by atoms with van der Waals surface area (Å²) < 4.78 is 5.79. The molecular weight excluding hydrogens is 302 g/mol. The fourth-order valence-electron chi connectivity index (χ4n) is 2.60. The Morgan fingerprint density at radius 3 is 2.68 bits per heavy atom. The second-order valence-corrected chi connectivity index (χ2v) is 5.42. The molecule has 4 nitrogen and oxygen atoms in total. The maximum atomic E-state index is 12.3. The Bertz CT molecular complexity index is 1050. The van der Waals surface area contributed by atoms with Crippen molar-refractivity contribution >= 4 is 33.5 Å². The van der Waals surface area contributed by atoms with E-state index >= 15 is 0 Å². The first kappa shape index (κ1) is 13.2. The van der Waals surface area contributed by atoms with E-state index < -0.39 is 0 Å². The van der Waals surface area contributed by atoms with Crippen LogP contribution >= 0.6 is 11.6 Å². The average Bonchev–Trinajstić information content (AvgIpc) is 2.58. The fourth-order valence-corrected chi connectivity index (χ4v) is 2.83. The van der Waals surface area contributed by atoms with E-state index in [0.29, 0.717) is 27.6 Å². The molecule has 0 saturated heterocycles. The Hall–Kier alpha value is -2.43. The van der Waals surface area contributed by atoms with Gasteiger partial charge in [0.2, 0.25) is 5.43 Å². The molecule has 0 bridgehead atoms. The molecule has 108 valence electrons. The van der Waals surface area contributed by atoms with Gasteiger partial charge in [-0.25, -0.2) is 4.98 Å². The lowest BCUT2D eigenvalue weighted by Gasteiger charge is -2.11. The van der Waals surface area contributed by atoms with Crippen molar-refractivity contribution in [3.8, 4) is 11.5 Å². The largest absolute Gasteiger partial charge is 0.451 e. The van der Waals surface area contributed by atoms with Crippen LogP contribution in [0.25, 0.3) is 33.3 Å². The van der Waals surface area contributed by atoms with Crippen molar-refractivity contribution in [3.63, 3.8) is 0 Å². The molecule has 5 heteroatoms. The van der Waals surface area contributed by atoms with Gasteiger partial charge in [-0.15, -0.1) is 0 Å². The highest BCUT2D eigenvalue weighted by Gasteiger charge is 2.20. The van der Waals surface area contributed by atoms with Gasteiger partial charge in [-0.2, -0.15) is 0 Å². The van der Waals surface area contributed by atoms with E-state index in [1.807, 2.05) is 12.1 Å². The maximum Gasteiger partial charge on any atom is 0.208 e. The minimum absolute atomic E-state index is 0.0364. The summed E-state index contributed by atoms with van der Waals surface area (Å²) >= 11 is 6.18. The van der Waals surface area contributed by atoms with Gasteiger partial charge in [-0.3, -0.25) is 4.79 Å². The standard InChI is InChI=1S/C17H10ClNO3/c18-14-16(21)11-4-2-1-3-10(11)15-17(14)22-13-6-5-9(8-20)7-12(13)19-15/h1-7,20H,8H2. The van der Waals surface area contributed by atoms with Crippen LogP contribution in [0.2, 0.25) is 5.02 Å². The first-order chi connectivity index (χ1) is 10.7. The third kappa shape index (κ3) is 1.81. The molecule has 1 heterocycles. The third-order valence-electron chi connectivity index (χ3n) is 3.69. The molecule has 2 aliphatic rings. The number of fused-ring (bicyclic) bond motifs is 4. The van der Waals surface area contributed by atoms with Crippen LogP contribution in [0.15, 0.2) is 51.7 Å². The Balaban J connectivity index is 2.24. The van der Waals surface area contributed by atoms with Gasteiger partial charge in [0.1, 0.15) is 16.2 Å². The Labute approximate surface area is 129 Å². The summed E-state index contributed by atoms with van der Waals surface area (Å²) in [6.45, 7) is -0.0728. The summed E-state index contributed by atoms with van der Waals surface area (Å²) in [6, 6.07) is 12.4. The van der Waals surface area contributed by atoms with E-state index in [2.05, 4.69) is 4.98 Å². The van der Waals surface area contributed by atoms with E-state index in [9.17, 15) is 9.90 Å². The molecule has 0 amide bonds. The molecule has 4 rings (SSSR count). The average molecular weight is 312 g/mol. The number of rotatable bonds is 1. The topological polar surface area (TPSA) is 63.3 Å². The molecule has 0 unspecified atom stereocenters. The van der Waals surface area contributed by atoms with Gasteiger partial charge in [0, 0.05) is 10.8 Å². The Morgan fingerprint density at radius 1 is 1.14 bits per heavy atom. The van der Waals surface area contributed by atoms with Crippen LogP contribution in [-0.2, 0) is 6.61 Å². The molecule has 0 radical (unpaired) electrons. The predicted octanol–water partition coefficient (Wildman–Crippen LogP) is 3.59. The number of halogens is 1. The third-order valence-corrected chi connectivity index (χ3v) is 4.03. The quantitative estimate of drug-likeness (QED) is 0.431. The molecule has 1 aliphatic carbocycles. The van der Waals surface area contributed by atoms with Crippen molar-refractivity contribution < 1.29 is 9.52 Å². The molecule has 0 fully saturated rings. The van der Waals surface area contributed by atoms with Crippen LogP contribution in [0.3, 0.4) is 0 Å². The van der Waals surface area contributed by atoms with Gasteiger partial charge >= 0.3 is 0 Å². The lowest BCUT2D eigenvalue weighted by Crippen LogP contribution is -2.06. The van der Waals surface area contributed by atoms with Crippen LogP contribution in [0.1, 0.15) is 5.56 Å². The minimum atomic E-state index is -0.262. The van der Waals surface area contributed by atoms with Crippen LogP contribution in [0.4, 0.5) is 0 Å². The number of hydrogen-bond acceptors (Lipinski definition) is 4. The van der Waals surface area contributed by atoms with Gasteiger partial charge in [0.25, 0.3) is 0 Å². The normalized spacial score (nSPS) is 11.5. The summed E-state index contributed by atoms with van der Waals surface area (Å²) in [7, 11) is 0. The summed E-state index contributed by atoms with van der Waals surface area (Å²) in [4.78, 5) is 16.9. The second-order valence-electron chi connectivity index (χ2n) is 5.04. The zero-order valence-electron chi connectivity index (χ0n) is 11.3. The number of benzene rings is 3. The van der Waals surface area contributed by atoms with Crippen molar-refractivity contribution in [2.24, 2.45) is 0 Å². The van der Waals surface area contributed by atoms with Crippen molar-refractivity contribution in [1.29, 1.82) is 0 Å². The predicted molar refractivity (Wildman–Crippen MR) is 85.3 cm³/mol. The highest BCUT2D eigenvalue weighted by atomic mass is 35.5. The fraction of sp³-hybridized carbons (Fsp3) is 0.0588. The molecule has 2 aromatic rings. The number of aliphatic hydroxyl groups is 1. The lowest BCUT2D eigenvalue weighted by molar-refractivity contribution is 0.282. The van der Waals surface area contributed by atoms with Gasteiger partial charge in [-0.05, 0) is 17.7 Å². The molecule has 0 saturated carbocycles. The summed E-state index contributed by atoms with van der Waals surface area (Å²) in [5.74, 6) is 0.287. The van der Waals surface area contributed by atoms with Gasteiger partial charge in [0.05, 0.1) is 6.61 Å². The van der Waals surface area contributed by atoms with E-state index in [1.54, 1.807) is 30.3 Å². The molecule has 1 N–H and O–H groups in total. The van der Waals surface area contributed by atoms with Crippen LogP contribution in [-0.4, -0.2) is 10.1 Å². The molecule has 0 aromatic heterocycles. The molecular formula is C17H10ClNO3. The molecule has 0 spiro atoms. The van der Waals surface area contributed by atoms with Crippen molar-refractivity contribution in [2.45, 2.75) is 6.61 Å². The SMILES string of the molecule is O=c1c(Cl)c2oc3ccc(CO)cc3nc-2c2ccccc12. The number of nitrogens with zero attached hydrogens (tertiary/aromatic N) is 1. The van der Waals surface area contributed by atoms with E-state index in [4.69, 9.17) is 16.0 Å². The number of aromatic nitrogens is 1. The van der Waals surface area contributed by atoms with E-state index in [0.717, 1.165) is 5.56 Å². The smallest absolute Gasteiger partial charge is 0.208 e. The van der Waals surface area contributed by atoms with Gasteiger partial charge in [0.15, 0.2) is 11.3 Å². The molecule has 1 aliphatic heterocycles. The second kappa shape index (κ2) is 4.80. The van der Waals surface area contributed by atoms with Crippen molar-refractivity contribution in [1.82, 2.24) is 4.98 Å². The number of hydrogen-bond donors (Lipinski definition) is 1. The van der Waals surface area contributed by atoms with Gasteiger partial charge < -0.3 is 9.52 Å². The zero-order valence-corrected chi connectivity index (χ0v) is 12.1. The lowest BCUT2D eigenvalue weighted by atomic mass is 10.0. The van der Waals surface area contributed by atoms with Crippen LogP contribution in [0, 0.1) is 0 Å². The summed E-state index contributed by atoms with van der Waals surface area (Å²) in [5, 5.41) is 10.5. The van der Waals surface area contributed by atoms with E-state index in [1.165, 1.54) is 0 Å². The molecule has 0 atom stereocenters. The molecule has 22 heavy (non-hydrogen) atoms. The Morgan fingerprint density at radius 2 is 1.91 bits per heavy atom. The molecule has 2 aromatic carbocycles. The monoisotopic (exact) mass is 311 g/mol. The first-order valence-corrected chi connectivity index (χ1v) is 7.11. The maximum absolute atomic E-state index is 12.3. The Kier molecular flexibility index (Phi) is 2.89. The van der Waals surface area contributed by atoms with E-state index in [-0.39, 0.29) is 22.8 Å². The van der Waals surface area contributed by atoms with Crippen LogP contribution < -0.4 is 5.43 Å². The zero-order chi connectivity index (χ0) is 15.3. The van der Waals surface area contributed by atoms with Crippen molar-refractivity contribution in [2.75, 3.05) is 0 Å². The van der Waals surface area contributed by atoms with Crippen molar-refractivity contribution in [3.05, 3.63) is 63.3 Å².